The number of piperazine rings is 1. The van der Waals surface area contributed by atoms with Crippen LogP contribution < -0.4 is 5.32 Å². The first-order valence-electron chi connectivity index (χ1n) is 6.54. The van der Waals surface area contributed by atoms with Crippen molar-refractivity contribution in [2.24, 2.45) is 0 Å². The summed E-state index contributed by atoms with van der Waals surface area (Å²) in [7, 11) is 0. The number of hydrogen-bond acceptors (Lipinski definition) is 3. The van der Waals surface area contributed by atoms with Gasteiger partial charge in [0.25, 0.3) is 5.91 Å². The molecule has 1 saturated heterocycles. The van der Waals surface area contributed by atoms with Gasteiger partial charge < -0.3 is 14.6 Å². The first-order chi connectivity index (χ1) is 10.2. The largest absolute Gasteiger partial charge is 0.472 e. The number of carbonyl (C=O) groups excluding carboxylic acids is 2. The summed E-state index contributed by atoms with van der Waals surface area (Å²) in [4.78, 5) is 26.3. The van der Waals surface area contributed by atoms with E-state index < -0.39 is 6.04 Å². The van der Waals surface area contributed by atoms with Crippen LogP contribution in [0.4, 0.5) is 0 Å². The Kier molecular flexibility index (Phi) is 3.66. The van der Waals surface area contributed by atoms with Crippen molar-refractivity contribution >= 4 is 23.4 Å². The van der Waals surface area contributed by atoms with E-state index >= 15 is 0 Å². The van der Waals surface area contributed by atoms with Crippen LogP contribution >= 0.6 is 11.6 Å². The van der Waals surface area contributed by atoms with Crippen molar-refractivity contribution in [3.8, 4) is 0 Å². The maximum atomic E-state index is 12.5. The minimum absolute atomic E-state index is 0.230. The minimum Gasteiger partial charge on any atom is -0.472 e. The molecule has 2 amide bonds. The Morgan fingerprint density at radius 1 is 1.33 bits per heavy atom. The number of carbonyl (C=O) groups is 2. The van der Waals surface area contributed by atoms with Gasteiger partial charge in [0.2, 0.25) is 5.91 Å². The van der Waals surface area contributed by atoms with Crippen LogP contribution in [0.1, 0.15) is 22.0 Å². The molecule has 3 rings (SSSR count). The summed E-state index contributed by atoms with van der Waals surface area (Å²) < 4.78 is 4.94. The van der Waals surface area contributed by atoms with Gasteiger partial charge in [0.05, 0.1) is 11.8 Å². The smallest absolute Gasteiger partial charge is 0.258 e. The molecular formula is C15H13ClN2O3. The zero-order valence-corrected chi connectivity index (χ0v) is 11.8. The summed E-state index contributed by atoms with van der Waals surface area (Å²) in [5.74, 6) is -0.477. The molecule has 2 aromatic rings. The molecule has 0 aliphatic carbocycles. The summed E-state index contributed by atoms with van der Waals surface area (Å²) >= 11 is 6.18. The average molecular weight is 305 g/mol. The van der Waals surface area contributed by atoms with Crippen molar-refractivity contribution in [2.75, 3.05) is 13.1 Å². The van der Waals surface area contributed by atoms with Gasteiger partial charge in [0, 0.05) is 23.7 Å². The maximum absolute atomic E-state index is 12.5. The van der Waals surface area contributed by atoms with Crippen molar-refractivity contribution in [3.63, 3.8) is 0 Å². The maximum Gasteiger partial charge on any atom is 0.258 e. The molecule has 6 heteroatoms. The second-order valence-electron chi connectivity index (χ2n) is 4.73. The lowest BCUT2D eigenvalue weighted by Crippen LogP contribution is -2.52. The van der Waals surface area contributed by atoms with Crippen LogP contribution in [0.2, 0.25) is 5.02 Å². The number of furan rings is 1. The van der Waals surface area contributed by atoms with Gasteiger partial charge in [-0.3, -0.25) is 9.59 Å². The number of rotatable bonds is 2. The number of benzene rings is 1. The summed E-state index contributed by atoms with van der Waals surface area (Å²) in [5, 5.41) is 3.24. The molecule has 2 heterocycles. The van der Waals surface area contributed by atoms with E-state index in [-0.39, 0.29) is 11.8 Å². The van der Waals surface area contributed by atoms with Crippen LogP contribution in [0.3, 0.4) is 0 Å². The highest BCUT2D eigenvalue weighted by Gasteiger charge is 2.36. The van der Waals surface area contributed by atoms with E-state index in [1.54, 1.807) is 30.3 Å². The van der Waals surface area contributed by atoms with Crippen LogP contribution in [0.5, 0.6) is 0 Å². The predicted octanol–water partition coefficient (Wildman–Crippen LogP) is 2.25. The monoisotopic (exact) mass is 304 g/mol. The van der Waals surface area contributed by atoms with Gasteiger partial charge in [-0.1, -0.05) is 29.8 Å². The highest BCUT2D eigenvalue weighted by atomic mass is 35.5. The molecular weight excluding hydrogens is 292 g/mol. The Morgan fingerprint density at radius 2 is 2.14 bits per heavy atom. The second-order valence-corrected chi connectivity index (χ2v) is 5.13. The van der Waals surface area contributed by atoms with E-state index in [1.807, 2.05) is 0 Å². The zero-order valence-electron chi connectivity index (χ0n) is 11.1. The van der Waals surface area contributed by atoms with Gasteiger partial charge in [-0.15, -0.1) is 0 Å². The fraction of sp³-hybridized carbons (Fsp3) is 0.200. The predicted molar refractivity (Wildman–Crippen MR) is 76.9 cm³/mol. The summed E-state index contributed by atoms with van der Waals surface area (Å²) in [5.41, 5.74) is 1.04. The SMILES string of the molecule is O=C1NCCN(C(=O)c2ccoc2)[C@@H]1c1ccccc1Cl. The Hall–Kier alpha value is -2.27. The normalized spacial score (nSPS) is 18.4. The fourth-order valence-electron chi connectivity index (χ4n) is 2.44. The molecule has 1 fully saturated rings. The standard InChI is InChI=1S/C15H13ClN2O3/c16-12-4-2-1-3-11(12)13-14(19)17-6-7-18(13)15(20)10-5-8-21-9-10/h1-5,8-9,13H,6-7H2,(H,17,19)/t13-/m1/s1. The molecule has 0 unspecified atom stereocenters. The molecule has 0 bridgehead atoms. The highest BCUT2D eigenvalue weighted by molar-refractivity contribution is 6.31. The van der Waals surface area contributed by atoms with Gasteiger partial charge in [-0.25, -0.2) is 0 Å². The van der Waals surface area contributed by atoms with E-state index in [0.29, 0.717) is 29.2 Å². The lowest BCUT2D eigenvalue weighted by Gasteiger charge is -2.35. The first kappa shape index (κ1) is 13.7. The lowest BCUT2D eigenvalue weighted by molar-refractivity contribution is -0.128. The fourth-order valence-corrected chi connectivity index (χ4v) is 2.68. The van der Waals surface area contributed by atoms with E-state index in [9.17, 15) is 9.59 Å². The Morgan fingerprint density at radius 3 is 2.86 bits per heavy atom. The molecule has 1 aliphatic rings. The molecule has 5 nitrogen and oxygen atoms in total. The molecule has 21 heavy (non-hydrogen) atoms. The number of halogens is 1. The van der Waals surface area contributed by atoms with Crippen molar-refractivity contribution in [1.82, 2.24) is 10.2 Å². The number of amides is 2. The Labute approximate surface area is 126 Å². The number of nitrogens with zero attached hydrogens (tertiary/aromatic N) is 1. The summed E-state index contributed by atoms with van der Waals surface area (Å²) in [6.07, 6.45) is 2.81. The van der Waals surface area contributed by atoms with Crippen LogP contribution in [0.25, 0.3) is 0 Å². The van der Waals surface area contributed by atoms with E-state index in [4.69, 9.17) is 16.0 Å². The third-order valence-electron chi connectivity index (χ3n) is 3.44. The summed E-state index contributed by atoms with van der Waals surface area (Å²) in [6.45, 7) is 0.842. The van der Waals surface area contributed by atoms with Gasteiger partial charge in [0.1, 0.15) is 12.3 Å². The van der Waals surface area contributed by atoms with Crippen molar-refractivity contribution in [1.29, 1.82) is 0 Å². The van der Waals surface area contributed by atoms with Crippen LogP contribution in [-0.2, 0) is 4.79 Å². The number of nitrogens with one attached hydrogen (secondary N) is 1. The molecule has 108 valence electrons. The molecule has 1 aromatic carbocycles. The molecule has 0 radical (unpaired) electrons. The molecule has 0 spiro atoms. The lowest BCUT2D eigenvalue weighted by atomic mass is 10.0. The molecule has 1 atom stereocenters. The van der Waals surface area contributed by atoms with Gasteiger partial charge in [-0.05, 0) is 12.1 Å². The second kappa shape index (κ2) is 5.61. The molecule has 1 aliphatic heterocycles. The topological polar surface area (TPSA) is 62.6 Å². The van der Waals surface area contributed by atoms with E-state index in [2.05, 4.69) is 5.32 Å². The first-order valence-corrected chi connectivity index (χ1v) is 6.91. The van der Waals surface area contributed by atoms with Gasteiger partial charge in [0.15, 0.2) is 0 Å². The van der Waals surface area contributed by atoms with Crippen LogP contribution in [0.15, 0.2) is 47.3 Å². The highest BCUT2D eigenvalue weighted by Crippen LogP contribution is 2.30. The van der Waals surface area contributed by atoms with Crippen molar-refractivity contribution < 1.29 is 14.0 Å². The molecule has 1 aromatic heterocycles. The number of hydrogen-bond donors (Lipinski definition) is 1. The van der Waals surface area contributed by atoms with E-state index in [0.717, 1.165) is 0 Å². The van der Waals surface area contributed by atoms with Gasteiger partial charge in [-0.2, -0.15) is 0 Å². The minimum atomic E-state index is -0.727. The summed E-state index contributed by atoms with van der Waals surface area (Å²) in [6, 6.07) is 7.90. The van der Waals surface area contributed by atoms with Crippen LogP contribution in [-0.4, -0.2) is 29.8 Å². The zero-order chi connectivity index (χ0) is 14.8. The Balaban J connectivity index is 1.99. The molecule has 1 N–H and O–H groups in total. The molecule has 0 saturated carbocycles. The van der Waals surface area contributed by atoms with Crippen molar-refractivity contribution in [3.05, 3.63) is 59.0 Å². The third kappa shape index (κ3) is 2.52. The third-order valence-corrected chi connectivity index (χ3v) is 3.78. The average Bonchev–Trinajstić information content (AvgIpc) is 3.01. The van der Waals surface area contributed by atoms with Crippen molar-refractivity contribution in [2.45, 2.75) is 6.04 Å². The van der Waals surface area contributed by atoms with Gasteiger partial charge >= 0.3 is 0 Å². The van der Waals surface area contributed by atoms with Crippen LogP contribution in [0, 0.1) is 0 Å². The van der Waals surface area contributed by atoms with E-state index in [1.165, 1.54) is 17.4 Å². The Bertz CT molecular complexity index is 669. The quantitative estimate of drug-likeness (QED) is 0.925.